The number of nitrogens with zero attached hydrogens (tertiary/aromatic N) is 2. The van der Waals surface area contributed by atoms with Crippen LogP contribution in [0.5, 0.6) is 0 Å². The predicted octanol–water partition coefficient (Wildman–Crippen LogP) is 1.62. The van der Waals surface area contributed by atoms with Gasteiger partial charge in [0.2, 0.25) is 5.91 Å². The monoisotopic (exact) mass is 243 g/mol. The number of amides is 3. The molecule has 3 amide bonds. The zero-order chi connectivity index (χ0) is 12.7. The van der Waals surface area contributed by atoms with Gasteiger partial charge in [0.1, 0.15) is 0 Å². The minimum absolute atomic E-state index is 0.212. The molecule has 0 radical (unpaired) electrons. The maximum atomic E-state index is 11.8. The average molecular weight is 243 g/mol. The normalized spacial score (nSPS) is 16.2. The maximum Gasteiger partial charge on any atom is 0.328 e. The number of anilines is 1. The Kier molecular flexibility index (Phi) is 2.33. The highest BCUT2D eigenvalue weighted by molar-refractivity contribution is 6.06. The summed E-state index contributed by atoms with van der Waals surface area (Å²) in [6.07, 6.45) is 2.32. The summed E-state index contributed by atoms with van der Waals surface area (Å²) in [4.78, 5) is 24.5. The van der Waals surface area contributed by atoms with Crippen molar-refractivity contribution in [1.29, 1.82) is 0 Å². The van der Waals surface area contributed by atoms with Crippen LogP contribution < -0.4 is 10.2 Å². The fourth-order valence-corrected chi connectivity index (χ4v) is 2.23. The summed E-state index contributed by atoms with van der Waals surface area (Å²) in [5.41, 5.74) is 1.88. The first-order chi connectivity index (χ1) is 8.65. The Morgan fingerprint density at radius 1 is 1.22 bits per heavy atom. The van der Waals surface area contributed by atoms with Crippen LogP contribution in [0.1, 0.15) is 6.42 Å². The molecular formula is C13H13N3O2. The van der Waals surface area contributed by atoms with Gasteiger partial charge in [-0.05, 0) is 23.6 Å². The van der Waals surface area contributed by atoms with Gasteiger partial charge in [-0.1, -0.05) is 6.07 Å². The van der Waals surface area contributed by atoms with E-state index in [9.17, 15) is 9.59 Å². The zero-order valence-corrected chi connectivity index (χ0v) is 10.0. The molecule has 1 aliphatic rings. The Bertz CT molecular complexity index is 645. The van der Waals surface area contributed by atoms with Crippen molar-refractivity contribution in [3.05, 3.63) is 30.5 Å². The van der Waals surface area contributed by atoms with E-state index in [4.69, 9.17) is 0 Å². The first kappa shape index (κ1) is 10.8. The molecule has 5 nitrogen and oxygen atoms in total. The second-order valence-corrected chi connectivity index (χ2v) is 4.42. The molecule has 2 aromatic rings. The van der Waals surface area contributed by atoms with Gasteiger partial charge in [0.15, 0.2) is 0 Å². The van der Waals surface area contributed by atoms with Gasteiger partial charge >= 0.3 is 6.03 Å². The molecule has 0 saturated carbocycles. The largest absolute Gasteiger partial charge is 0.350 e. The number of nitrogens with one attached hydrogen (secondary N) is 1. The molecule has 0 spiro atoms. The highest BCUT2D eigenvalue weighted by Crippen LogP contribution is 2.23. The van der Waals surface area contributed by atoms with Gasteiger partial charge in [-0.2, -0.15) is 0 Å². The lowest BCUT2D eigenvalue weighted by molar-refractivity contribution is -0.120. The first-order valence-corrected chi connectivity index (χ1v) is 5.81. The maximum absolute atomic E-state index is 11.8. The van der Waals surface area contributed by atoms with Crippen LogP contribution in [0.2, 0.25) is 0 Å². The van der Waals surface area contributed by atoms with Crippen LogP contribution in [-0.2, 0) is 11.8 Å². The number of hydrogen-bond acceptors (Lipinski definition) is 2. The van der Waals surface area contributed by atoms with E-state index in [1.807, 2.05) is 42.1 Å². The molecule has 1 saturated heterocycles. The van der Waals surface area contributed by atoms with E-state index < -0.39 is 0 Å². The Morgan fingerprint density at radius 3 is 2.83 bits per heavy atom. The van der Waals surface area contributed by atoms with E-state index in [-0.39, 0.29) is 11.9 Å². The minimum atomic E-state index is -0.347. The highest BCUT2D eigenvalue weighted by atomic mass is 16.2. The third-order valence-electron chi connectivity index (χ3n) is 3.24. The van der Waals surface area contributed by atoms with Crippen LogP contribution in [0, 0.1) is 0 Å². The quantitative estimate of drug-likeness (QED) is 0.827. The Balaban J connectivity index is 2.01. The summed E-state index contributed by atoms with van der Waals surface area (Å²) in [6, 6.07) is 7.52. The van der Waals surface area contributed by atoms with E-state index in [1.165, 1.54) is 0 Å². The predicted molar refractivity (Wildman–Crippen MR) is 68.4 cm³/mol. The van der Waals surface area contributed by atoms with Crippen LogP contribution in [-0.4, -0.2) is 23.1 Å². The fourth-order valence-electron chi connectivity index (χ4n) is 2.23. The summed E-state index contributed by atoms with van der Waals surface area (Å²) >= 11 is 0. The van der Waals surface area contributed by atoms with Crippen molar-refractivity contribution in [2.24, 2.45) is 7.05 Å². The Labute approximate surface area is 104 Å². The van der Waals surface area contributed by atoms with E-state index in [0.29, 0.717) is 13.0 Å². The van der Waals surface area contributed by atoms with Gasteiger partial charge in [-0.15, -0.1) is 0 Å². The van der Waals surface area contributed by atoms with Crippen LogP contribution in [0.25, 0.3) is 10.9 Å². The van der Waals surface area contributed by atoms with Crippen molar-refractivity contribution < 1.29 is 9.59 Å². The lowest BCUT2D eigenvalue weighted by Gasteiger charge is -2.26. The first-order valence-electron chi connectivity index (χ1n) is 5.81. The molecule has 18 heavy (non-hydrogen) atoms. The number of aryl methyl sites for hydroxylation is 1. The van der Waals surface area contributed by atoms with Crippen LogP contribution >= 0.6 is 0 Å². The average Bonchev–Trinajstić information content (AvgIpc) is 2.71. The molecule has 1 aromatic heterocycles. The van der Waals surface area contributed by atoms with Crippen molar-refractivity contribution in [3.63, 3.8) is 0 Å². The van der Waals surface area contributed by atoms with E-state index in [2.05, 4.69) is 5.32 Å². The number of fused-ring (bicyclic) bond motifs is 1. The SMILES string of the molecule is Cn1ccc2ccc(N3CCC(=O)NC3=O)cc21. The van der Waals surface area contributed by atoms with Gasteiger partial charge in [-0.3, -0.25) is 15.0 Å². The number of rotatable bonds is 1. The topological polar surface area (TPSA) is 54.3 Å². The molecule has 1 fully saturated rings. The highest BCUT2D eigenvalue weighted by Gasteiger charge is 2.24. The Morgan fingerprint density at radius 2 is 2.06 bits per heavy atom. The van der Waals surface area contributed by atoms with Crippen molar-refractivity contribution in [1.82, 2.24) is 9.88 Å². The summed E-state index contributed by atoms with van der Waals surface area (Å²) in [5.74, 6) is -0.212. The molecule has 0 aliphatic carbocycles. The number of aromatic nitrogens is 1. The summed E-state index contributed by atoms with van der Waals surface area (Å²) in [6.45, 7) is 0.431. The molecule has 2 heterocycles. The van der Waals surface area contributed by atoms with Gasteiger partial charge in [0, 0.05) is 37.4 Å². The molecule has 5 heteroatoms. The molecule has 0 bridgehead atoms. The summed E-state index contributed by atoms with van der Waals surface area (Å²) < 4.78 is 2.01. The molecule has 92 valence electrons. The molecule has 0 unspecified atom stereocenters. The van der Waals surface area contributed by atoms with Gasteiger partial charge in [0.25, 0.3) is 0 Å². The van der Waals surface area contributed by atoms with Crippen LogP contribution in [0.15, 0.2) is 30.5 Å². The second-order valence-electron chi connectivity index (χ2n) is 4.42. The molecule has 0 atom stereocenters. The lowest BCUT2D eigenvalue weighted by Crippen LogP contribution is -2.49. The lowest BCUT2D eigenvalue weighted by atomic mass is 10.2. The number of benzene rings is 1. The van der Waals surface area contributed by atoms with E-state index >= 15 is 0 Å². The number of hydrogen-bond donors (Lipinski definition) is 1. The zero-order valence-electron chi connectivity index (χ0n) is 10.0. The summed E-state index contributed by atoms with van der Waals surface area (Å²) in [5, 5.41) is 3.46. The third kappa shape index (κ3) is 1.64. The number of urea groups is 1. The summed E-state index contributed by atoms with van der Waals surface area (Å²) in [7, 11) is 1.96. The molecule has 1 aliphatic heterocycles. The fraction of sp³-hybridized carbons (Fsp3) is 0.231. The molecule has 3 rings (SSSR count). The van der Waals surface area contributed by atoms with Crippen molar-refractivity contribution in [2.75, 3.05) is 11.4 Å². The molecule has 1 N–H and O–H groups in total. The van der Waals surface area contributed by atoms with Gasteiger partial charge in [-0.25, -0.2) is 4.79 Å². The van der Waals surface area contributed by atoms with Crippen molar-refractivity contribution >= 4 is 28.5 Å². The van der Waals surface area contributed by atoms with Crippen LogP contribution in [0.4, 0.5) is 10.5 Å². The molecule has 1 aromatic carbocycles. The van der Waals surface area contributed by atoms with Gasteiger partial charge in [0.05, 0.1) is 0 Å². The number of carbonyl (C=O) groups is 2. The van der Waals surface area contributed by atoms with E-state index in [1.54, 1.807) is 4.90 Å². The smallest absolute Gasteiger partial charge is 0.328 e. The van der Waals surface area contributed by atoms with Crippen molar-refractivity contribution in [3.8, 4) is 0 Å². The van der Waals surface area contributed by atoms with Crippen LogP contribution in [0.3, 0.4) is 0 Å². The van der Waals surface area contributed by atoms with Crippen molar-refractivity contribution in [2.45, 2.75) is 6.42 Å². The van der Waals surface area contributed by atoms with Gasteiger partial charge < -0.3 is 4.57 Å². The minimum Gasteiger partial charge on any atom is -0.350 e. The standard InChI is InChI=1S/C13H13N3O2/c1-15-6-4-9-2-3-10(8-11(9)15)16-7-5-12(17)14-13(16)18/h2-4,6,8H,5,7H2,1H3,(H,14,17,18). The number of imide groups is 1. The number of carbonyl (C=O) groups excluding carboxylic acids is 2. The molecular weight excluding hydrogens is 230 g/mol. The second kappa shape index (κ2) is 3.87. The third-order valence-corrected chi connectivity index (χ3v) is 3.24. The Hall–Kier alpha value is -2.30. The van der Waals surface area contributed by atoms with E-state index in [0.717, 1.165) is 16.6 Å².